The highest BCUT2D eigenvalue weighted by molar-refractivity contribution is 5.98. The molecule has 1 aliphatic rings. The van der Waals surface area contributed by atoms with Crippen molar-refractivity contribution in [2.24, 2.45) is 0 Å². The fourth-order valence-corrected chi connectivity index (χ4v) is 2.28. The average molecular weight is 257 g/mol. The zero-order chi connectivity index (χ0) is 13.6. The number of fused-ring (bicyclic) bond motifs is 3. The van der Waals surface area contributed by atoms with Gasteiger partial charge in [0.2, 0.25) is 0 Å². The highest BCUT2D eigenvalue weighted by Crippen LogP contribution is 2.25. The lowest BCUT2D eigenvalue weighted by atomic mass is 10.1. The van der Waals surface area contributed by atoms with E-state index in [0.29, 0.717) is 16.9 Å². The molecule has 0 radical (unpaired) electrons. The summed E-state index contributed by atoms with van der Waals surface area (Å²) >= 11 is 0. The van der Waals surface area contributed by atoms with Crippen LogP contribution in [0.25, 0.3) is 5.69 Å². The molecule has 0 saturated carbocycles. The summed E-state index contributed by atoms with van der Waals surface area (Å²) in [7, 11) is 1.65. The highest BCUT2D eigenvalue weighted by Gasteiger charge is 2.27. The monoisotopic (exact) mass is 257 g/mol. The van der Waals surface area contributed by atoms with Gasteiger partial charge in [-0.15, -0.1) is 0 Å². The molecule has 0 bridgehead atoms. The van der Waals surface area contributed by atoms with Crippen molar-refractivity contribution in [2.75, 3.05) is 7.05 Å². The van der Waals surface area contributed by atoms with E-state index in [4.69, 9.17) is 5.11 Å². The molecule has 96 valence electrons. The van der Waals surface area contributed by atoms with Crippen molar-refractivity contribution in [2.45, 2.75) is 6.54 Å². The van der Waals surface area contributed by atoms with E-state index in [1.54, 1.807) is 29.8 Å². The summed E-state index contributed by atoms with van der Waals surface area (Å²) in [6.45, 7) is 0.217. The molecule has 0 aliphatic carbocycles. The number of aromatic nitrogens is 2. The van der Waals surface area contributed by atoms with Gasteiger partial charge < -0.3 is 10.0 Å². The van der Waals surface area contributed by atoms with Crippen LogP contribution >= 0.6 is 0 Å². The van der Waals surface area contributed by atoms with Gasteiger partial charge in [0.25, 0.3) is 5.91 Å². The number of carbonyl (C=O) groups excluding carboxylic acids is 1. The number of benzene rings is 1. The van der Waals surface area contributed by atoms with Crippen LogP contribution in [0.4, 0.5) is 0 Å². The van der Waals surface area contributed by atoms with Crippen molar-refractivity contribution in [3.05, 3.63) is 47.5 Å². The van der Waals surface area contributed by atoms with Gasteiger partial charge in [0, 0.05) is 7.05 Å². The minimum absolute atomic E-state index is 0.0173. The zero-order valence-electron chi connectivity index (χ0n) is 10.2. The number of imidazole rings is 1. The molecule has 0 fully saturated rings. The maximum Gasteiger partial charge on any atom is 0.356 e. The predicted octanol–water partition coefficient (Wildman–Crippen LogP) is 1.16. The lowest BCUT2D eigenvalue weighted by molar-refractivity contribution is 0.0683. The van der Waals surface area contributed by atoms with E-state index < -0.39 is 5.97 Å². The van der Waals surface area contributed by atoms with Gasteiger partial charge >= 0.3 is 5.97 Å². The number of carboxylic acids is 1. The Labute approximate surface area is 108 Å². The summed E-state index contributed by atoms with van der Waals surface area (Å²) in [5.74, 6) is -1.22. The van der Waals surface area contributed by atoms with Crippen LogP contribution in [0.1, 0.15) is 26.5 Å². The topological polar surface area (TPSA) is 75.4 Å². The Kier molecular flexibility index (Phi) is 2.38. The van der Waals surface area contributed by atoms with E-state index >= 15 is 0 Å². The van der Waals surface area contributed by atoms with E-state index in [1.807, 2.05) is 6.07 Å². The van der Waals surface area contributed by atoms with Crippen LogP contribution in [0.2, 0.25) is 0 Å². The molecular weight excluding hydrogens is 246 g/mol. The third-order valence-electron chi connectivity index (χ3n) is 3.20. The van der Waals surface area contributed by atoms with Crippen molar-refractivity contribution >= 4 is 11.9 Å². The van der Waals surface area contributed by atoms with Crippen molar-refractivity contribution in [1.82, 2.24) is 14.5 Å². The maximum absolute atomic E-state index is 12.2. The fourth-order valence-electron chi connectivity index (χ4n) is 2.28. The second kappa shape index (κ2) is 3.94. The quantitative estimate of drug-likeness (QED) is 0.831. The first-order chi connectivity index (χ1) is 9.09. The SMILES string of the molecule is CN1Cc2c(C(=O)O)ncn2-c2ccccc2C1=O. The fraction of sp³-hybridized carbons (Fsp3) is 0.154. The van der Waals surface area contributed by atoms with E-state index in [1.165, 1.54) is 11.2 Å². The van der Waals surface area contributed by atoms with E-state index in [2.05, 4.69) is 4.98 Å². The molecule has 0 atom stereocenters. The Morgan fingerprint density at radius 1 is 1.37 bits per heavy atom. The second-order valence-corrected chi connectivity index (χ2v) is 4.39. The number of hydrogen-bond acceptors (Lipinski definition) is 3. The molecule has 1 aromatic heterocycles. The number of aromatic carboxylic acids is 1. The van der Waals surface area contributed by atoms with Gasteiger partial charge in [-0.2, -0.15) is 0 Å². The summed E-state index contributed by atoms with van der Waals surface area (Å²) in [4.78, 5) is 28.8. The minimum atomic E-state index is -1.09. The van der Waals surface area contributed by atoms with Crippen molar-refractivity contribution in [1.29, 1.82) is 0 Å². The number of nitrogens with zero attached hydrogens (tertiary/aromatic N) is 3. The summed E-state index contributed by atoms with van der Waals surface area (Å²) in [6, 6.07) is 7.10. The largest absolute Gasteiger partial charge is 0.476 e. The van der Waals surface area contributed by atoms with Gasteiger partial charge in [-0.3, -0.25) is 9.36 Å². The van der Waals surface area contributed by atoms with Crippen LogP contribution in [0, 0.1) is 0 Å². The molecule has 0 spiro atoms. The normalized spacial score (nSPS) is 13.7. The molecule has 3 rings (SSSR count). The van der Waals surface area contributed by atoms with Crippen molar-refractivity contribution in [3.8, 4) is 5.69 Å². The Morgan fingerprint density at radius 2 is 2.11 bits per heavy atom. The molecule has 1 aromatic carbocycles. The van der Waals surface area contributed by atoms with Crippen LogP contribution in [0.3, 0.4) is 0 Å². The maximum atomic E-state index is 12.2. The summed E-state index contributed by atoms with van der Waals surface area (Å²) < 4.78 is 1.67. The number of hydrogen-bond donors (Lipinski definition) is 1. The Balaban J connectivity index is 2.31. The average Bonchev–Trinajstić information content (AvgIpc) is 2.77. The first kappa shape index (κ1) is 11.5. The van der Waals surface area contributed by atoms with Crippen molar-refractivity contribution < 1.29 is 14.7 Å². The first-order valence-electron chi connectivity index (χ1n) is 5.74. The van der Waals surface area contributed by atoms with Crippen LogP contribution < -0.4 is 0 Å². The van der Waals surface area contributed by atoms with Gasteiger partial charge in [-0.1, -0.05) is 12.1 Å². The Bertz CT molecular complexity index is 690. The molecule has 1 N–H and O–H groups in total. The molecule has 0 unspecified atom stereocenters. The molecule has 1 amide bonds. The number of rotatable bonds is 1. The van der Waals surface area contributed by atoms with E-state index in [0.717, 1.165) is 0 Å². The first-order valence-corrected chi connectivity index (χ1v) is 5.74. The van der Waals surface area contributed by atoms with Crippen LogP contribution in [-0.4, -0.2) is 38.5 Å². The number of para-hydroxylation sites is 1. The molecular formula is C13H11N3O3. The molecule has 6 heteroatoms. The van der Waals surface area contributed by atoms with Gasteiger partial charge in [0.1, 0.15) is 6.33 Å². The predicted molar refractivity (Wildman–Crippen MR) is 66.3 cm³/mol. The van der Waals surface area contributed by atoms with Gasteiger partial charge in [0.05, 0.1) is 23.5 Å². The van der Waals surface area contributed by atoms with Gasteiger partial charge in [0.15, 0.2) is 5.69 Å². The lowest BCUT2D eigenvalue weighted by Gasteiger charge is -2.13. The zero-order valence-corrected chi connectivity index (χ0v) is 10.2. The molecule has 6 nitrogen and oxygen atoms in total. The van der Waals surface area contributed by atoms with Gasteiger partial charge in [-0.05, 0) is 12.1 Å². The second-order valence-electron chi connectivity index (χ2n) is 4.39. The molecule has 19 heavy (non-hydrogen) atoms. The van der Waals surface area contributed by atoms with Crippen LogP contribution in [0.15, 0.2) is 30.6 Å². The molecule has 0 saturated heterocycles. The summed E-state index contributed by atoms with van der Waals surface area (Å²) in [5.41, 5.74) is 1.69. The van der Waals surface area contributed by atoms with Gasteiger partial charge in [-0.25, -0.2) is 9.78 Å². The summed E-state index contributed by atoms with van der Waals surface area (Å²) in [5, 5.41) is 9.14. The van der Waals surface area contributed by atoms with Crippen LogP contribution in [-0.2, 0) is 6.54 Å². The molecule has 1 aliphatic heterocycles. The highest BCUT2D eigenvalue weighted by atomic mass is 16.4. The smallest absolute Gasteiger partial charge is 0.356 e. The van der Waals surface area contributed by atoms with E-state index in [9.17, 15) is 9.59 Å². The van der Waals surface area contributed by atoms with Crippen LogP contribution in [0.5, 0.6) is 0 Å². The minimum Gasteiger partial charge on any atom is -0.476 e. The number of carboxylic acid groups (broad SMARTS) is 1. The Morgan fingerprint density at radius 3 is 2.84 bits per heavy atom. The lowest BCUT2D eigenvalue weighted by Crippen LogP contribution is -2.25. The number of amides is 1. The Hall–Kier alpha value is -2.63. The standard InChI is InChI=1S/C13H11N3O3/c1-15-6-10-11(13(18)19)14-7-16(10)9-5-3-2-4-8(9)12(15)17/h2-5,7H,6H2,1H3,(H,18,19). The van der Waals surface area contributed by atoms with Crippen molar-refractivity contribution in [3.63, 3.8) is 0 Å². The van der Waals surface area contributed by atoms with E-state index in [-0.39, 0.29) is 18.1 Å². The summed E-state index contributed by atoms with van der Waals surface area (Å²) in [6.07, 6.45) is 1.45. The molecule has 2 aromatic rings. The third kappa shape index (κ3) is 1.61. The molecule has 2 heterocycles. The number of carbonyl (C=O) groups is 2. The third-order valence-corrected chi connectivity index (χ3v) is 3.20.